The van der Waals surface area contributed by atoms with E-state index in [1.54, 1.807) is 26.8 Å². The van der Waals surface area contributed by atoms with Crippen molar-refractivity contribution in [2.45, 2.75) is 46.2 Å². The Labute approximate surface area is 187 Å². The molecule has 9 heteroatoms. The number of aryl methyl sites for hydroxylation is 1. The van der Waals surface area contributed by atoms with Crippen LogP contribution in [0.5, 0.6) is 0 Å². The van der Waals surface area contributed by atoms with Crippen molar-refractivity contribution < 1.29 is 23.5 Å². The van der Waals surface area contributed by atoms with Gasteiger partial charge in [0.15, 0.2) is 0 Å². The molecular formula is C23H31FN4O4. The van der Waals surface area contributed by atoms with E-state index in [2.05, 4.69) is 20.9 Å². The molecule has 2 aliphatic heterocycles. The van der Waals surface area contributed by atoms with Crippen LogP contribution in [0.3, 0.4) is 0 Å². The zero-order valence-electron chi connectivity index (χ0n) is 18.8. The molecule has 174 valence electrons. The largest absolute Gasteiger partial charge is 0.463 e. The number of urea groups is 1. The quantitative estimate of drug-likeness (QED) is 0.556. The Morgan fingerprint density at radius 1 is 1.28 bits per heavy atom. The Morgan fingerprint density at radius 3 is 2.66 bits per heavy atom. The first-order valence-corrected chi connectivity index (χ1v) is 11.0. The molecule has 0 saturated carbocycles. The number of hydrogen-bond donors (Lipinski definition) is 3. The monoisotopic (exact) mass is 446 g/mol. The van der Waals surface area contributed by atoms with Crippen molar-refractivity contribution in [1.82, 2.24) is 20.9 Å². The molecule has 1 atom stereocenters. The Morgan fingerprint density at radius 2 is 2.00 bits per heavy atom. The average molecular weight is 447 g/mol. The molecule has 0 spiro atoms. The maximum absolute atomic E-state index is 13.7. The number of hydrogen-bond acceptors (Lipinski definition) is 5. The maximum atomic E-state index is 13.7. The fourth-order valence-corrected chi connectivity index (χ4v) is 4.06. The SMILES string of the molecule is CCOC(=O)C1=C(CN2CCC(C(=O)NCc3ccc(C)c(F)c3)CC2)NC(=O)NC1C. The molecule has 8 nitrogen and oxygen atoms in total. The minimum absolute atomic E-state index is 0.0409. The van der Waals surface area contributed by atoms with E-state index in [4.69, 9.17) is 4.74 Å². The highest BCUT2D eigenvalue weighted by Gasteiger charge is 2.32. The highest BCUT2D eigenvalue weighted by atomic mass is 19.1. The van der Waals surface area contributed by atoms with Crippen molar-refractivity contribution in [3.63, 3.8) is 0 Å². The third-order valence-electron chi connectivity index (χ3n) is 5.91. The summed E-state index contributed by atoms with van der Waals surface area (Å²) in [6.07, 6.45) is 1.33. The van der Waals surface area contributed by atoms with Gasteiger partial charge >= 0.3 is 12.0 Å². The van der Waals surface area contributed by atoms with Crippen LogP contribution >= 0.6 is 0 Å². The van der Waals surface area contributed by atoms with Gasteiger partial charge in [0.25, 0.3) is 0 Å². The number of likely N-dealkylation sites (tertiary alicyclic amines) is 1. The molecule has 3 rings (SSSR count). The molecular weight excluding hydrogens is 415 g/mol. The van der Waals surface area contributed by atoms with Crippen molar-refractivity contribution in [2.75, 3.05) is 26.2 Å². The van der Waals surface area contributed by atoms with Gasteiger partial charge in [-0.25, -0.2) is 14.0 Å². The predicted molar refractivity (Wildman–Crippen MR) is 117 cm³/mol. The average Bonchev–Trinajstić information content (AvgIpc) is 2.74. The molecule has 1 saturated heterocycles. The number of amides is 3. The van der Waals surface area contributed by atoms with Gasteiger partial charge in [0.05, 0.1) is 18.2 Å². The highest BCUT2D eigenvalue weighted by molar-refractivity contribution is 5.94. The minimum Gasteiger partial charge on any atom is -0.463 e. The fourth-order valence-electron chi connectivity index (χ4n) is 4.06. The second-order valence-corrected chi connectivity index (χ2v) is 8.28. The van der Waals surface area contributed by atoms with Crippen LogP contribution in [0.2, 0.25) is 0 Å². The second kappa shape index (κ2) is 10.6. The Hall–Kier alpha value is -2.94. The van der Waals surface area contributed by atoms with Crippen LogP contribution in [-0.2, 0) is 20.9 Å². The second-order valence-electron chi connectivity index (χ2n) is 8.28. The Balaban J connectivity index is 1.54. The molecule has 3 N–H and O–H groups in total. The first-order chi connectivity index (χ1) is 15.3. The molecule has 1 fully saturated rings. The first kappa shape index (κ1) is 23.7. The van der Waals surface area contributed by atoms with Gasteiger partial charge in [-0.3, -0.25) is 9.69 Å². The van der Waals surface area contributed by atoms with Crippen LogP contribution in [0.25, 0.3) is 0 Å². The van der Waals surface area contributed by atoms with Gasteiger partial charge in [-0.15, -0.1) is 0 Å². The van der Waals surface area contributed by atoms with Crippen LogP contribution < -0.4 is 16.0 Å². The van der Waals surface area contributed by atoms with Crippen molar-refractivity contribution in [3.05, 3.63) is 46.4 Å². The Kier molecular flexibility index (Phi) is 7.84. The van der Waals surface area contributed by atoms with Crippen LogP contribution in [0.1, 0.15) is 37.8 Å². The molecule has 1 aromatic rings. The summed E-state index contributed by atoms with van der Waals surface area (Å²) in [4.78, 5) is 39.0. The topological polar surface area (TPSA) is 99.8 Å². The lowest BCUT2D eigenvalue weighted by Gasteiger charge is -2.34. The number of nitrogens with zero attached hydrogens (tertiary/aromatic N) is 1. The summed E-state index contributed by atoms with van der Waals surface area (Å²) < 4.78 is 18.8. The van der Waals surface area contributed by atoms with Crippen LogP contribution in [0, 0.1) is 18.7 Å². The van der Waals surface area contributed by atoms with Gasteiger partial charge < -0.3 is 20.7 Å². The van der Waals surface area contributed by atoms with Gasteiger partial charge in [-0.05, 0) is 63.9 Å². The van der Waals surface area contributed by atoms with Crippen molar-refractivity contribution in [3.8, 4) is 0 Å². The van der Waals surface area contributed by atoms with E-state index >= 15 is 0 Å². The smallest absolute Gasteiger partial charge is 0.337 e. The summed E-state index contributed by atoms with van der Waals surface area (Å²) in [5, 5.41) is 8.33. The minimum atomic E-state index is -0.440. The molecule has 1 unspecified atom stereocenters. The molecule has 0 bridgehead atoms. The summed E-state index contributed by atoms with van der Waals surface area (Å²) in [7, 11) is 0. The van der Waals surface area contributed by atoms with E-state index in [1.165, 1.54) is 6.07 Å². The van der Waals surface area contributed by atoms with Crippen LogP contribution in [-0.4, -0.2) is 55.1 Å². The van der Waals surface area contributed by atoms with E-state index in [9.17, 15) is 18.8 Å². The lowest BCUT2D eigenvalue weighted by atomic mass is 9.95. The lowest BCUT2D eigenvalue weighted by molar-refractivity contribution is -0.139. The number of halogens is 1. The first-order valence-electron chi connectivity index (χ1n) is 11.0. The lowest BCUT2D eigenvalue weighted by Crippen LogP contribution is -2.52. The number of rotatable bonds is 7. The number of piperidine rings is 1. The van der Waals surface area contributed by atoms with Gasteiger partial charge in [-0.2, -0.15) is 0 Å². The summed E-state index contributed by atoms with van der Waals surface area (Å²) in [5.41, 5.74) is 2.28. The highest BCUT2D eigenvalue weighted by Crippen LogP contribution is 2.21. The van der Waals surface area contributed by atoms with E-state index in [0.29, 0.717) is 55.9 Å². The number of esters is 1. The molecule has 32 heavy (non-hydrogen) atoms. The number of nitrogens with one attached hydrogen (secondary N) is 3. The van der Waals surface area contributed by atoms with Crippen LogP contribution in [0.15, 0.2) is 29.5 Å². The van der Waals surface area contributed by atoms with E-state index < -0.39 is 12.0 Å². The van der Waals surface area contributed by atoms with Gasteiger partial charge in [0.1, 0.15) is 5.82 Å². The molecule has 0 aliphatic carbocycles. The van der Waals surface area contributed by atoms with Crippen molar-refractivity contribution in [1.29, 1.82) is 0 Å². The zero-order chi connectivity index (χ0) is 23.3. The number of ether oxygens (including phenoxy) is 1. The number of benzene rings is 1. The summed E-state index contributed by atoms with van der Waals surface area (Å²) in [6, 6.07) is 4.18. The molecule has 0 aromatic heterocycles. The fraction of sp³-hybridized carbons (Fsp3) is 0.522. The van der Waals surface area contributed by atoms with Crippen molar-refractivity contribution >= 4 is 17.9 Å². The molecule has 0 radical (unpaired) electrons. The molecule has 1 aromatic carbocycles. The number of carbonyl (C=O) groups excluding carboxylic acids is 3. The zero-order valence-corrected chi connectivity index (χ0v) is 18.8. The number of carbonyl (C=O) groups is 3. The predicted octanol–water partition coefficient (Wildman–Crippen LogP) is 1.98. The Bertz CT molecular complexity index is 909. The van der Waals surface area contributed by atoms with Gasteiger partial charge in [0, 0.05) is 24.7 Å². The third-order valence-corrected chi connectivity index (χ3v) is 5.91. The standard InChI is InChI=1S/C23H31FN4O4/c1-4-32-22(30)20-15(3)26-23(31)27-19(20)13-28-9-7-17(8-10-28)21(29)25-12-16-6-5-14(2)18(24)11-16/h5-6,11,15,17H,4,7-10,12-13H2,1-3H3,(H,25,29)(H2,26,27,31). The van der Waals surface area contributed by atoms with Crippen LogP contribution in [0.4, 0.5) is 9.18 Å². The van der Waals surface area contributed by atoms with E-state index in [1.807, 2.05) is 6.07 Å². The van der Waals surface area contributed by atoms with Gasteiger partial charge in [0.2, 0.25) is 5.91 Å². The van der Waals surface area contributed by atoms with Gasteiger partial charge in [-0.1, -0.05) is 12.1 Å². The van der Waals surface area contributed by atoms with Crippen molar-refractivity contribution in [2.24, 2.45) is 5.92 Å². The molecule has 2 heterocycles. The summed E-state index contributed by atoms with van der Waals surface area (Å²) >= 11 is 0. The molecule has 2 aliphatic rings. The third kappa shape index (κ3) is 5.85. The summed E-state index contributed by atoms with van der Waals surface area (Å²) in [6.45, 7) is 7.47. The normalized spacial score (nSPS) is 19.9. The van der Waals surface area contributed by atoms with E-state index in [-0.39, 0.29) is 30.3 Å². The molecule has 3 amide bonds. The van der Waals surface area contributed by atoms with E-state index in [0.717, 1.165) is 5.56 Å². The maximum Gasteiger partial charge on any atom is 0.337 e. The summed E-state index contributed by atoms with van der Waals surface area (Å²) in [5.74, 6) is -0.882.